The first-order valence-electron chi connectivity index (χ1n) is 6.26. The highest BCUT2D eigenvalue weighted by atomic mass is 19.3. The highest BCUT2D eigenvalue weighted by Gasteiger charge is 2.30. The van der Waals surface area contributed by atoms with E-state index in [9.17, 15) is 18.9 Å². The lowest BCUT2D eigenvalue weighted by Gasteiger charge is -2.22. The Labute approximate surface area is 114 Å². The second-order valence-electron chi connectivity index (χ2n) is 4.31. The van der Waals surface area contributed by atoms with Crippen LogP contribution in [0.25, 0.3) is 0 Å². The molecule has 0 bridgehead atoms. The van der Waals surface area contributed by atoms with Crippen LogP contribution in [0.5, 0.6) is 0 Å². The van der Waals surface area contributed by atoms with E-state index in [1.807, 2.05) is 6.92 Å². The smallest absolute Gasteiger partial charge is 0.334 e. The summed E-state index contributed by atoms with van der Waals surface area (Å²) < 4.78 is 26.4. The largest absolute Gasteiger partial charge is 0.395 e. The van der Waals surface area contributed by atoms with Crippen molar-refractivity contribution >= 4 is 11.5 Å². The number of nitro groups is 1. The number of aryl methyl sites for hydroxylation is 2. The SMILES string of the molecule is CCCc1nn(C)c(N(CCO)CC(F)F)c1[N+](=O)[O-]. The molecule has 0 atom stereocenters. The maximum atomic E-state index is 12.6. The highest BCUT2D eigenvalue weighted by molar-refractivity contribution is 5.61. The molecule has 20 heavy (non-hydrogen) atoms. The van der Waals surface area contributed by atoms with Crippen LogP contribution in [-0.2, 0) is 13.5 Å². The molecule has 1 aromatic rings. The van der Waals surface area contributed by atoms with Crippen LogP contribution in [-0.4, -0.2) is 45.9 Å². The molecule has 114 valence electrons. The molecule has 1 aromatic heterocycles. The molecule has 0 unspecified atom stereocenters. The third-order valence-electron chi connectivity index (χ3n) is 2.76. The Bertz CT molecular complexity index is 465. The second kappa shape index (κ2) is 7.13. The molecule has 0 spiro atoms. The van der Waals surface area contributed by atoms with Crippen molar-refractivity contribution in [1.82, 2.24) is 9.78 Å². The molecule has 1 heterocycles. The van der Waals surface area contributed by atoms with E-state index >= 15 is 0 Å². The van der Waals surface area contributed by atoms with E-state index < -0.39 is 17.9 Å². The van der Waals surface area contributed by atoms with Crippen LogP contribution in [0.4, 0.5) is 20.3 Å². The summed E-state index contributed by atoms with van der Waals surface area (Å²) in [5.41, 5.74) is 0.00987. The van der Waals surface area contributed by atoms with Crippen LogP contribution in [0.1, 0.15) is 19.0 Å². The van der Waals surface area contributed by atoms with E-state index in [1.165, 1.54) is 11.7 Å². The van der Waals surface area contributed by atoms with Crippen molar-refractivity contribution in [2.45, 2.75) is 26.2 Å². The van der Waals surface area contributed by atoms with Gasteiger partial charge in [-0.1, -0.05) is 13.3 Å². The van der Waals surface area contributed by atoms with E-state index in [4.69, 9.17) is 5.11 Å². The molecule has 0 fully saturated rings. The molecular weight excluding hydrogens is 274 g/mol. The van der Waals surface area contributed by atoms with Crippen molar-refractivity contribution in [1.29, 1.82) is 0 Å². The molecule has 0 aliphatic carbocycles. The number of hydrogen-bond acceptors (Lipinski definition) is 5. The molecular formula is C11H18F2N4O3. The minimum absolute atomic E-state index is 0.00722. The van der Waals surface area contributed by atoms with Crippen LogP contribution in [0.2, 0.25) is 0 Å². The summed E-state index contributed by atoms with van der Waals surface area (Å²) in [6.45, 7) is 0.670. The summed E-state index contributed by atoms with van der Waals surface area (Å²) in [6, 6.07) is 0. The predicted octanol–water partition coefficient (Wildman–Crippen LogP) is 1.34. The normalized spacial score (nSPS) is 11.1. The van der Waals surface area contributed by atoms with Crippen LogP contribution in [0, 0.1) is 10.1 Å². The number of aliphatic hydroxyl groups is 1. The molecule has 0 aliphatic heterocycles. The van der Waals surface area contributed by atoms with Crippen molar-refractivity contribution in [2.24, 2.45) is 7.05 Å². The molecule has 0 aromatic carbocycles. The fourth-order valence-corrected chi connectivity index (χ4v) is 2.08. The first kappa shape index (κ1) is 16.3. The number of halogens is 2. The molecule has 0 aliphatic rings. The van der Waals surface area contributed by atoms with Gasteiger partial charge in [0.1, 0.15) is 5.69 Å². The number of aromatic nitrogens is 2. The van der Waals surface area contributed by atoms with Gasteiger partial charge in [0.25, 0.3) is 6.43 Å². The summed E-state index contributed by atoms with van der Waals surface area (Å²) in [5.74, 6) is 0.00722. The van der Waals surface area contributed by atoms with Crippen LogP contribution in [0.15, 0.2) is 0 Å². The Morgan fingerprint density at radius 2 is 2.20 bits per heavy atom. The Morgan fingerprint density at radius 3 is 2.65 bits per heavy atom. The molecule has 1 rings (SSSR count). The van der Waals surface area contributed by atoms with Gasteiger partial charge < -0.3 is 10.0 Å². The van der Waals surface area contributed by atoms with Crippen molar-refractivity contribution in [3.63, 3.8) is 0 Å². The van der Waals surface area contributed by atoms with Gasteiger partial charge in [0.15, 0.2) is 0 Å². The summed E-state index contributed by atoms with van der Waals surface area (Å²) in [7, 11) is 1.47. The van der Waals surface area contributed by atoms with Gasteiger partial charge in [0.05, 0.1) is 18.1 Å². The molecule has 0 saturated heterocycles. The first-order valence-corrected chi connectivity index (χ1v) is 6.26. The highest BCUT2D eigenvalue weighted by Crippen LogP contribution is 2.32. The third kappa shape index (κ3) is 3.62. The number of rotatable bonds is 8. The number of hydrogen-bond donors (Lipinski definition) is 1. The monoisotopic (exact) mass is 292 g/mol. The van der Waals surface area contributed by atoms with E-state index in [1.54, 1.807) is 0 Å². The number of nitrogens with zero attached hydrogens (tertiary/aromatic N) is 4. The van der Waals surface area contributed by atoms with Crippen LogP contribution < -0.4 is 4.90 Å². The Hall–Kier alpha value is -1.77. The molecule has 9 heteroatoms. The number of aliphatic hydroxyl groups excluding tert-OH is 1. The van der Waals surface area contributed by atoms with E-state index in [-0.39, 0.29) is 30.4 Å². The fraction of sp³-hybridized carbons (Fsp3) is 0.727. The standard InChI is InChI=1S/C11H18F2N4O3/c1-3-4-8-10(17(19)20)11(15(2)14-8)16(5-6-18)7-9(12)13/h9,18H,3-7H2,1-2H3. The Kier molecular flexibility index (Phi) is 5.81. The van der Waals surface area contributed by atoms with Crippen molar-refractivity contribution in [3.05, 3.63) is 15.8 Å². The summed E-state index contributed by atoms with van der Waals surface area (Å²) in [6.07, 6.45) is -1.61. The zero-order valence-corrected chi connectivity index (χ0v) is 11.4. The van der Waals surface area contributed by atoms with Gasteiger partial charge in [-0.3, -0.25) is 10.1 Å². The van der Waals surface area contributed by atoms with Crippen molar-refractivity contribution < 1.29 is 18.8 Å². The maximum absolute atomic E-state index is 12.6. The van der Waals surface area contributed by atoms with Crippen molar-refractivity contribution in [3.8, 4) is 0 Å². The average Bonchev–Trinajstić information content (AvgIpc) is 2.65. The molecule has 7 nitrogen and oxygen atoms in total. The first-order chi connectivity index (χ1) is 9.42. The predicted molar refractivity (Wildman–Crippen MR) is 69.2 cm³/mol. The van der Waals surface area contributed by atoms with Crippen LogP contribution >= 0.6 is 0 Å². The molecule has 0 saturated carbocycles. The minimum Gasteiger partial charge on any atom is -0.395 e. The van der Waals surface area contributed by atoms with Gasteiger partial charge in [0.2, 0.25) is 5.82 Å². The Balaban J connectivity index is 3.27. The second-order valence-corrected chi connectivity index (χ2v) is 4.31. The fourth-order valence-electron chi connectivity index (χ4n) is 2.08. The van der Waals surface area contributed by atoms with E-state index in [2.05, 4.69) is 5.10 Å². The molecule has 0 radical (unpaired) electrons. The third-order valence-corrected chi connectivity index (χ3v) is 2.76. The van der Waals surface area contributed by atoms with Crippen LogP contribution in [0.3, 0.4) is 0 Å². The van der Waals surface area contributed by atoms with Gasteiger partial charge in [-0.05, 0) is 6.42 Å². The zero-order valence-electron chi connectivity index (χ0n) is 11.4. The molecule has 0 amide bonds. The van der Waals surface area contributed by atoms with Gasteiger partial charge in [-0.2, -0.15) is 5.10 Å². The van der Waals surface area contributed by atoms with Crippen molar-refractivity contribution in [2.75, 3.05) is 24.6 Å². The zero-order chi connectivity index (χ0) is 15.3. The maximum Gasteiger partial charge on any atom is 0.334 e. The van der Waals surface area contributed by atoms with Gasteiger partial charge in [-0.25, -0.2) is 13.5 Å². The summed E-state index contributed by atoms with van der Waals surface area (Å²) in [5, 5.41) is 24.2. The Morgan fingerprint density at radius 1 is 1.55 bits per heavy atom. The summed E-state index contributed by atoms with van der Waals surface area (Å²) >= 11 is 0. The summed E-state index contributed by atoms with van der Waals surface area (Å²) in [4.78, 5) is 11.7. The van der Waals surface area contributed by atoms with Gasteiger partial charge in [-0.15, -0.1) is 0 Å². The van der Waals surface area contributed by atoms with Gasteiger partial charge in [0, 0.05) is 13.6 Å². The van der Waals surface area contributed by atoms with Gasteiger partial charge >= 0.3 is 5.69 Å². The lowest BCUT2D eigenvalue weighted by Crippen LogP contribution is -2.33. The minimum atomic E-state index is -2.66. The van der Waals surface area contributed by atoms with E-state index in [0.29, 0.717) is 12.8 Å². The lowest BCUT2D eigenvalue weighted by atomic mass is 10.2. The van der Waals surface area contributed by atoms with E-state index in [0.717, 1.165) is 4.90 Å². The topological polar surface area (TPSA) is 84.4 Å². The average molecular weight is 292 g/mol. The lowest BCUT2D eigenvalue weighted by molar-refractivity contribution is -0.384. The number of anilines is 1. The molecule has 1 N–H and O–H groups in total. The number of alkyl halides is 2. The quantitative estimate of drug-likeness (QED) is 0.577.